The fourth-order valence-corrected chi connectivity index (χ4v) is 2.47. The van der Waals surface area contributed by atoms with E-state index in [1.807, 2.05) is 30.3 Å². The summed E-state index contributed by atoms with van der Waals surface area (Å²) >= 11 is 0. The molecule has 1 aliphatic rings. The summed E-state index contributed by atoms with van der Waals surface area (Å²) in [5, 5.41) is 2.88. The minimum absolute atomic E-state index is 0.0677. The lowest BCUT2D eigenvalue weighted by Gasteiger charge is -2.11. The van der Waals surface area contributed by atoms with Crippen LogP contribution in [-0.4, -0.2) is 30.7 Å². The van der Waals surface area contributed by atoms with Crippen LogP contribution < -0.4 is 14.8 Å². The smallest absolute Gasteiger partial charge is 0.249 e. The Morgan fingerprint density at radius 2 is 2.08 bits per heavy atom. The van der Waals surface area contributed by atoms with Crippen LogP contribution in [-0.2, 0) is 16.1 Å². The van der Waals surface area contributed by atoms with E-state index in [0.717, 1.165) is 24.2 Å². The zero-order valence-electron chi connectivity index (χ0n) is 13.5. The fraction of sp³-hybridized carbons (Fsp3) is 0.333. The van der Waals surface area contributed by atoms with Gasteiger partial charge in [-0.3, -0.25) is 4.79 Å². The summed E-state index contributed by atoms with van der Waals surface area (Å²) in [7, 11) is 1.62. The van der Waals surface area contributed by atoms with Crippen LogP contribution in [0.1, 0.15) is 18.4 Å². The molecule has 0 aliphatic carbocycles. The predicted molar refractivity (Wildman–Crippen MR) is 88.1 cm³/mol. The maximum absolute atomic E-state index is 12.0. The Morgan fingerprint density at radius 3 is 2.79 bits per heavy atom. The number of carbonyl (C=O) groups excluding carboxylic acids is 1. The van der Waals surface area contributed by atoms with Gasteiger partial charge < -0.3 is 19.5 Å². The van der Waals surface area contributed by atoms with Gasteiger partial charge in [-0.1, -0.05) is 0 Å². The van der Waals surface area contributed by atoms with Crippen LogP contribution in [0, 0.1) is 0 Å². The molecule has 1 amide bonds. The Morgan fingerprint density at radius 1 is 1.29 bits per heavy atom. The van der Waals surface area contributed by atoms with Gasteiger partial charge in [-0.05, 0) is 48.7 Å². The van der Waals surface area contributed by atoms with Gasteiger partial charge in [0.05, 0.1) is 7.11 Å². The first-order valence-corrected chi connectivity index (χ1v) is 7.91. The van der Waals surface area contributed by atoms with Crippen LogP contribution in [0.5, 0.6) is 17.4 Å². The average Bonchev–Trinajstić information content (AvgIpc) is 3.15. The first kappa shape index (κ1) is 16.3. The van der Waals surface area contributed by atoms with E-state index < -0.39 is 0 Å². The number of aromatic nitrogens is 1. The molecule has 0 radical (unpaired) electrons. The third kappa shape index (κ3) is 4.23. The number of methoxy groups -OCH3 is 1. The summed E-state index contributed by atoms with van der Waals surface area (Å²) in [6.45, 7) is 1.08. The third-order valence-electron chi connectivity index (χ3n) is 3.77. The van der Waals surface area contributed by atoms with Crippen molar-refractivity contribution >= 4 is 5.91 Å². The molecule has 6 heteroatoms. The zero-order valence-corrected chi connectivity index (χ0v) is 13.5. The number of benzene rings is 1. The molecular formula is C18H20N2O4. The highest BCUT2D eigenvalue weighted by Gasteiger charge is 2.22. The molecule has 1 saturated heterocycles. The normalized spacial score (nSPS) is 16.6. The van der Waals surface area contributed by atoms with Crippen molar-refractivity contribution < 1.29 is 19.0 Å². The molecule has 1 aromatic carbocycles. The van der Waals surface area contributed by atoms with Crippen molar-refractivity contribution in [3.05, 3.63) is 48.2 Å². The highest BCUT2D eigenvalue weighted by molar-refractivity contribution is 5.80. The van der Waals surface area contributed by atoms with Crippen molar-refractivity contribution in [3.63, 3.8) is 0 Å². The number of amides is 1. The second kappa shape index (κ2) is 7.79. The lowest BCUT2D eigenvalue weighted by molar-refractivity contribution is -0.130. The van der Waals surface area contributed by atoms with Gasteiger partial charge >= 0.3 is 0 Å². The molecule has 1 N–H and O–H groups in total. The minimum Gasteiger partial charge on any atom is -0.497 e. The molecule has 24 heavy (non-hydrogen) atoms. The number of nitrogens with one attached hydrogen (secondary N) is 1. The molecule has 1 unspecified atom stereocenters. The second-order valence-corrected chi connectivity index (χ2v) is 5.50. The van der Waals surface area contributed by atoms with E-state index in [9.17, 15) is 4.79 Å². The van der Waals surface area contributed by atoms with Crippen LogP contribution in [0.3, 0.4) is 0 Å². The van der Waals surface area contributed by atoms with Gasteiger partial charge in [0, 0.05) is 25.4 Å². The Kier molecular flexibility index (Phi) is 5.28. The van der Waals surface area contributed by atoms with Crippen LogP contribution in [0.15, 0.2) is 42.6 Å². The molecule has 3 rings (SSSR count). The molecule has 6 nitrogen and oxygen atoms in total. The monoisotopic (exact) mass is 328 g/mol. The Bertz CT molecular complexity index is 682. The van der Waals surface area contributed by atoms with E-state index in [2.05, 4.69) is 10.3 Å². The van der Waals surface area contributed by atoms with E-state index in [-0.39, 0.29) is 12.0 Å². The lowest BCUT2D eigenvalue weighted by Crippen LogP contribution is -2.33. The molecule has 2 heterocycles. The van der Waals surface area contributed by atoms with Crippen molar-refractivity contribution in [3.8, 4) is 17.4 Å². The van der Waals surface area contributed by atoms with Crippen LogP contribution >= 0.6 is 0 Å². The summed E-state index contributed by atoms with van der Waals surface area (Å²) in [4.78, 5) is 16.2. The van der Waals surface area contributed by atoms with E-state index >= 15 is 0 Å². The maximum Gasteiger partial charge on any atom is 0.249 e. The first-order valence-electron chi connectivity index (χ1n) is 7.91. The summed E-state index contributed by atoms with van der Waals surface area (Å²) in [6.07, 6.45) is 3.06. The van der Waals surface area contributed by atoms with Crippen molar-refractivity contribution in [2.24, 2.45) is 0 Å². The number of nitrogens with zero attached hydrogens (tertiary/aromatic N) is 1. The number of ether oxygens (including phenoxy) is 3. The molecule has 0 saturated carbocycles. The van der Waals surface area contributed by atoms with Crippen LogP contribution in [0.2, 0.25) is 0 Å². The lowest BCUT2D eigenvalue weighted by atomic mass is 10.2. The number of pyridine rings is 1. The summed E-state index contributed by atoms with van der Waals surface area (Å²) in [5.74, 6) is 1.84. The molecule has 1 aliphatic heterocycles. The van der Waals surface area contributed by atoms with Gasteiger partial charge in [0.15, 0.2) is 0 Å². The van der Waals surface area contributed by atoms with Crippen LogP contribution in [0.4, 0.5) is 0 Å². The first-order chi connectivity index (χ1) is 11.7. The van der Waals surface area contributed by atoms with Crippen molar-refractivity contribution in [2.75, 3.05) is 13.7 Å². The van der Waals surface area contributed by atoms with Gasteiger partial charge in [0.25, 0.3) is 0 Å². The average molecular weight is 328 g/mol. The molecule has 1 aromatic heterocycles. The van der Waals surface area contributed by atoms with E-state index in [1.54, 1.807) is 19.4 Å². The molecule has 1 atom stereocenters. The Balaban J connectivity index is 1.57. The molecular weight excluding hydrogens is 308 g/mol. The van der Waals surface area contributed by atoms with Gasteiger partial charge in [-0.15, -0.1) is 0 Å². The summed E-state index contributed by atoms with van der Waals surface area (Å²) < 4.78 is 16.2. The van der Waals surface area contributed by atoms with E-state index in [4.69, 9.17) is 14.2 Å². The third-order valence-corrected chi connectivity index (χ3v) is 3.77. The van der Waals surface area contributed by atoms with Crippen molar-refractivity contribution in [2.45, 2.75) is 25.5 Å². The number of carbonyl (C=O) groups is 1. The quantitative estimate of drug-likeness (QED) is 0.883. The van der Waals surface area contributed by atoms with Crippen molar-refractivity contribution in [1.82, 2.24) is 10.3 Å². The topological polar surface area (TPSA) is 69.7 Å². The van der Waals surface area contributed by atoms with Gasteiger partial charge in [0.2, 0.25) is 11.8 Å². The molecule has 126 valence electrons. The van der Waals surface area contributed by atoms with Gasteiger partial charge in [-0.2, -0.15) is 0 Å². The SMILES string of the molecule is COc1ccc(Oc2cc(CNC(=O)C3CCCO3)ccn2)cc1. The van der Waals surface area contributed by atoms with Gasteiger partial charge in [-0.25, -0.2) is 4.98 Å². The molecule has 0 spiro atoms. The highest BCUT2D eigenvalue weighted by Crippen LogP contribution is 2.22. The number of rotatable bonds is 6. The standard InChI is InChI=1S/C18H20N2O4/c1-22-14-4-6-15(7-5-14)24-17-11-13(8-9-19-17)12-20-18(21)16-3-2-10-23-16/h4-9,11,16H,2-3,10,12H2,1H3,(H,20,21). The second-order valence-electron chi connectivity index (χ2n) is 5.50. The van der Waals surface area contributed by atoms with Gasteiger partial charge in [0.1, 0.15) is 17.6 Å². The Hall–Kier alpha value is -2.60. The molecule has 1 fully saturated rings. The number of hydrogen-bond acceptors (Lipinski definition) is 5. The van der Waals surface area contributed by atoms with Crippen LogP contribution in [0.25, 0.3) is 0 Å². The largest absolute Gasteiger partial charge is 0.497 e. The predicted octanol–water partition coefficient (Wildman–Crippen LogP) is 2.68. The van der Waals surface area contributed by atoms with E-state index in [1.165, 1.54) is 0 Å². The Labute approximate surface area is 140 Å². The zero-order chi connectivity index (χ0) is 16.8. The van der Waals surface area contributed by atoms with Crippen molar-refractivity contribution in [1.29, 1.82) is 0 Å². The molecule has 0 bridgehead atoms. The molecule has 2 aromatic rings. The highest BCUT2D eigenvalue weighted by atomic mass is 16.5. The minimum atomic E-state index is -0.318. The fourth-order valence-electron chi connectivity index (χ4n) is 2.47. The summed E-state index contributed by atoms with van der Waals surface area (Å²) in [6, 6.07) is 10.9. The maximum atomic E-state index is 12.0. The van der Waals surface area contributed by atoms with E-state index in [0.29, 0.717) is 24.8 Å². The summed E-state index contributed by atoms with van der Waals surface area (Å²) in [5.41, 5.74) is 0.917. The number of hydrogen-bond donors (Lipinski definition) is 1.